The van der Waals surface area contributed by atoms with E-state index in [1.54, 1.807) is 6.07 Å². The lowest BCUT2D eigenvalue weighted by molar-refractivity contribution is 0.313. The molecule has 0 atom stereocenters. The molecule has 0 spiro atoms. The van der Waals surface area contributed by atoms with E-state index in [1.165, 1.54) is 18.4 Å². The van der Waals surface area contributed by atoms with Crippen LogP contribution < -0.4 is 4.74 Å². The summed E-state index contributed by atoms with van der Waals surface area (Å²) in [6, 6.07) is 4.41. The molecule has 0 saturated carbocycles. The lowest BCUT2D eigenvalue weighted by atomic mass is 10.0. The highest BCUT2D eigenvalue weighted by Gasteiger charge is 2.15. The van der Waals surface area contributed by atoms with Crippen molar-refractivity contribution in [3.8, 4) is 5.75 Å². The molecule has 0 aromatic heterocycles. The van der Waals surface area contributed by atoms with Gasteiger partial charge in [-0.15, -0.1) is 0 Å². The Kier molecular flexibility index (Phi) is 6.07. The Morgan fingerprint density at radius 2 is 1.81 bits per heavy atom. The predicted octanol–water partition coefficient (Wildman–Crippen LogP) is 2.55. The van der Waals surface area contributed by atoms with Crippen molar-refractivity contribution in [2.75, 3.05) is 18.6 Å². The van der Waals surface area contributed by atoms with Gasteiger partial charge in [0.2, 0.25) is 0 Å². The van der Waals surface area contributed by atoms with Crippen LogP contribution in [0.2, 0.25) is 0 Å². The molecule has 120 valence electrons. The molecular formula is C13H19ClO5S2. The standard InChI is InChI=1S/C13H19ClO5S2/c1-10(2)12-9-11(21(14,17)18)5-6-13(12)19-7-4-8-20(3,15)16/h5-6,9-10H,4,7-8H2,1-3H3. The quantitative estimate of drug-likeness (QED) is 0.555. The van der Waals surface area contributed by atoms with Gasteiger partial charge in [0.25, 0.3) is 9.05 Å². The molecule has 0 bridgehead atoms. The van der Waals surface area contributed by atoms with Gasteiger partial charge in [-0.25, -0.2) is 16.8 Å². The van der Waals surface area contributed by atoms with Crippen molar-refractivity contribution in [1.82, 2.24) is 0 Å². The van der Waals surface area contributed by atoms with Gasteiger partial charge in [-0.3, -0.25) is 0 Å². The summed E-state index contributed by atoms with van der Waals surface area (Å²) in [5.74, 6) is 0.647. The number of sulfone groups is 1. The van der Waals surface area contributed by atoms with Crippen LogP contribution in [0.1, 0.15) is 31.7 Å². The van der Waals surface area contributed by atoms with Crippen LogP contribution in [0.15, 0.2) is 23.1 Å². The topological polar surface area (TPSA) is 77.5 Å². The molecule has 0 aliphatic heterocycles. The lowest BCUT2D eigenvalue weighted by Crippen LogP contribution is -2.09. The molecule has 0 aliphatic rings. The molecule has 8 heteroatoms. The molecule has 0 unspecified atom stereocenters. The first kappa shape index (κ1) is 18.3. The normalized spacial score (nSPS) is 12.6. The number of ether oxygens (including phenoxy) is 1. The zero-order valence-electron chi connectivity index (χ0n) is 12.2. The third-order valence-corrected chi connectivity index (χ3v) is 5.18. The van der Waals surface area contributed by atoms with Gasteiger partial charge in [0.05, 0.1) is 17.3 Å². The summed E-state index contributed by atoms with van der Waals surface area (Å²) in [5, 5.41) is 0. The highest BCUT2D eigenvalue weighted by atomic mass is 35.7. The smallest absolute Gasteiger partial charge is 0.261 e. The predicted molar refractivity (Wildman–Crippen MR) is 83.4 cm³/mol. The maximum atomic E-state index is 11.3. The average Bonchev–Trinajstić information content (AvgIpc) is 2.32. The number of hydrogen-bond acceptors (Lipinski definition) is 5. The lowest BCUT2D eigenvalue weighted by Gasteiger charge is -2.15. The third kappa shape index (κ3) is 6.23. The second-order valence-electron chi connectivity index (χ2n) is 5.12. The number of benzene rings is 1. The highest BCUT2D eigenvalue weighted by Crippen LogP contribution is 2.30. The van der Waals surface area contributed by atoms with Gasteiger partial charge >= 0.3 is 0 Å². The van der Waals surface area contributed by atoms with Crippen molar-refractivity contribution in [2.45, 2.75) is 31.1 Å². The molecule has 0 radical (unpaired) electrons. The zero-order valence-corrected chi connectivity index (χ0v) is 14.6. The average molecular weight is 355 g/mol. The maximum Gasteiger partial charge on any atom is 0.261 e. The minimum absolute atomic E-state index is 0.0244. The summed E-state index contributed by atoms with van der Waals surface area (Å²) >= 11 is 0. The number of rotatable bonds is 7. The Balaban J connectivity index is 2.88. The van der Waals surface area contributed by atoms with E-state index in [1.807, 2.05) is 13.8 Å². The van der Waals surface area contributed by atoms with Gasteiger partial charge in [0.15, 0.2) is 0 Å². The maximum absolute atomic E-state index is 11.3. The fourth-order valence-electron chi connectivity index (χ4n) is 1.76. The van der Waals surface area contributed by atoms with Gasteiger partial charge in [-0.1, -0.05) is 13.8 Å². The van der Waals surface area contributed by atoms with Crippen LogP contribution in [-0.4, -0.2) is 35.5 Å². The number of halogens is 1. The van der Waals surface area contributed by atoms with E-state index in [-0.39, 0.29) is 23.2 Å². The molecule has 0 saturated heterocycles. The molecule has 0 fully saturated rings. The first-order valence-electron chi connectivity index (χ1n) is 6.40. The molecule has 21 heavy (non-hydrogen) atoms. The van der Waals surface area contributed by atoms with E-state index in [2.05, 4.69) is 0 Å². The molecule has 0 amide bonds. The minimum Gasteiger partial charge on any atom is -0.493 e. The zero-order chi connectivity index (χ0) is 16.3. The summed E-state index contributed by atoms with van der Waals surface area (Å²) in [7, 11) is -1.46. The molecule has 0 aliphatic carbocycles. The third-order valence-electron chi connectivity index (χ3n) is 2.80. The van der Waals surface area contributed by atoms with Gasteiger partial charge in [-0.2, -0.15) is 0 Å². The van der Waals surface area contributed by atoms with E-state index in [9.17, 15) is 16.8 Å². The van der Waals surface area contributed by atoms with Gasteiger partial charge < -0.3 is 4.74 Å². The SMILES string of the molecule is CC(C)c1cc(S(=O)(=O)Cl)ccc1OCCCS(C)(=O)=O. The Labute approximate surface area is 130 Å². The van der Waals surface area contributed by atoms with Crippen molar-refractivity contribution < 1.29 is 21.6 Å². The summed E-state index contributed by atoms with van der Waals surface area (Å²) in [4.78, 5) is 0.0244. The van der Waals surface area contributed by atoms with Crippen LogP contribution in [0.3, 0.4) is 0 Å². The summed E-state index contributed by atoms with van der Waals surface area (Å²) in [6.07, 6.45) is 1.55. The van der Waals surface area contributed by atoms with Crippen LogP contribution in [0.4, 0.5) is 0 Å². The molecular weight excluding hydrogens is 336 g/mol. The second-order valence-corrected chi connectivity index (χ2v) is 9.95. The molecule has 5 nitrogen and oxygen atoms in total. The van der Waals surface area contributed by atoms with Crippen LogP contribution >= 0.6 is 10.7 Å². The molecule has 1 rings (SSSR count). The van der Waals surface area contributed by atoms with Gasteiger partial charge in [0, 0.05) is 16.9 Å². The van der Waals surface area contributed by atoms with Gasteiger partial charge in [0.1, 0.15) is 15.6 Å². The Hall–Kier alpha value is -0.790. The van der Waals surface area contributed by atoms with Gasteiger partial charge in [-0.05, 0) is 36.1 Å². The van der Waals surface area contributed by atoms with Crippen molar-refractivity contribution >= 4 is 29.6 Å². The molecule has 0 heterocycles. The van der Waals surface area contributed by atoms with Crippen LogP contribution in [0.5, 0.6) is 5.75 Å². The fourth-order valence-corrected chi connectivity index (χ4v) is 3.19. The minimum atomic E-state index is -3.78. The second kappa shape index (κ2) is 6.98. The van der Waals surface area contributed by atoms with Crippen molar-refractivity contribution in [3.05, 3.63) is 23.8 Å². The van der Waals surface area contributed by atoms with E-state index in [0.29, 0.717) is 12.2 Å². The first-order valence-corrected chi connectivity index (χ1v) is 10.8. The van der Waals surface area contributed by atoms with E-state index >= 15 is 0 Å². The molecule has 1 aromatic rings. The summed E-state index contributed by atoms with van der Waals surface area (Å²) in [6.45, 7) is 4.06. The van der Waals surface area contributed by atoms with Crippen molar-refractivity contribution in [1.29, 1.82) is 0 Å². The number of hydrogen-bond donors (Lipinski definition) is 0. The highest BCUT2D eigenvalue weighted by molar-refractivity contribution is 8.13. The summed E-state index contributed by atoms with van der Waals surface area (Å²) in [5.41, 5.74) is 0.719. The Morgan fingerprint density at radius 1 is 1.19 bits per heavy atom. The van der Waals surface area contributed by atoms with E-state index < -0.39 is 18.9 Å². The van der Waals surface area contributed by atoms with E-state index in [4.69, 9.17) is 15.4 Å². The van der Waals surface area contributed by atoms with Crippen molar-refractivity contribution in [3.63, 3.8) is 0 Å². The molecule has 1 aromatic carbocycles. The largest absolute Gasteiger partial charge is 0.493 e. The Bertz CT molecular complexity index is 693. The molecule has 0 N–H and O–H groups in total. The van der Waals surface area contributed by atoms with Crippen LogP contribution in [0.25, 0.3) is 0 Å². The summed E-state index contributed by atoms with van der Waals surface area (Å²) < 4.78 is 50.3. The monoisotopic (exact) mass is 354 g/mol. The van der Waals surface area contributed by atoms with E-state index in [0.717, 1.165) is 5.56 Å². The van der Waals surface area contributed by atoms with Crippen molar-refractivity contribution in [2.24, 2.45) is 0 Å². The first-order chi connectivity index (χ1) is 9.50. The fraction of sp³-hybridized carbons (Fsp3) is 0.538. The van der Waals surface area contributed by atoms with Crippen LogP contribution in [-0.2, 0) is 18.9 Å². The Morgan fingerprint density at radius 3 is 2.29 bits per heavy atom. The van der Waals surface area contributed by atoms with Crippen LogP contribution in [0, 0.1) is 0 Å².